The second kappa shape index (κ2) is 5.00. The van der Waals surface area contributed by atoms with E-state index in [9.17, 15) is 9.59 Å². The second-order valence-electron chi connectivity index (χ2n) is 7.15. The Labute approximate surface area is 145 Å². The summed E-state index contributed by atoms with van der Waals surface area (Å²) in [5, 5.41) is 0. The molecule has 4 aliphatic heterocycles. The Morgan fingerprint density at radius 3 is 2.56 bits per heavy atom. The average Bonchev–Trinajstić information content (AvgIpc) is 3.34. The Kier molecular flexibility index (Phi) is 3.05. The van der Waals surface area contributed by atoms with Crippen molar-refractivity contribution in [3.05, 3.63) is 41.5 Å². The van der Waals surface area contributed by atoms with Crippen molar-refractivity contribution in [2.45, 2.75) is 31.8 Å². The normalized spacial score (nSPS) is 36.7. The minimum Gasteiger partial charge on any atom is -0.357 e. The number of fused-ring (bicyclic) bond motifs is 5. The first-order chi connectivity index (χ1) is 12.0. The molecule has 2 amide bonds. The van der Waals surface area contributed by atoms with Crippen LogP contribution >= 0.6 is 0 Å². The van der Waals surface area contributed by atoms with Crippen molar-refractivity contribution in [3.63, 3.8) is 0 Å². The summed E-state index contributed by atoms with van der Waals surface area (Å²) in [6.45, 7) is 4.91. The molecule has 0 saturated carbocycles. The number of carbonyl (C=O) groups is 2. The summed E-state index contributed by atoms with van der Waals surface area (Å²) in [6, 6.07) is 5.64. The van der Waals surface area contributed by atoms with Gasteiger partial charge in [0.15, 0.2) is 11.9 Å². The molecule has 1 aromatic rings. The maximum Gasteiger partial charge on any atom is 0.241 e. The highest BCUT2D eigenvalue weighted by atomic mass is 16.7. The molecule has 0 spiro atoms. The van der Waals surface area contributed by atoms with E-state index >= 15 is 0 Å². The predicted octanol–water partition coefficient (Wildman–Crippen LogP) is 1.49. The zero-order valence-corrected chi connectivity index (χ0v) is 14.1. The number of hydrogen-bond acceptors (Lipinski definition) is 5. The molecule has 3 fully saturated rings. The fourth-order valence-corrected chi connectivity index (χ4v) is 4.45. The van der Waals surface area contributed by atoms with Crippen LogP contribution in [0.2, 0.25) is 0 Å². The fraction of sp³-hybridized carbons (Fsp3) is 0.474. The molecule has 4 aliphatic rings. The monoisotopic (exact) mass is 341 g/mol. The Balaban J connectivity index is 1.56. The molecule has 3 saturated heterocycles. The molecule has 4 atom stereocenters. The van der Waals surface area contributed by atoms with Crippen LogP contribution in [0.15, 0.2) is 30.4 Å². The lowest BCUT2D eigenvalue weighted by Crippen LogP contribution is -2.49. The number of nitrogens with zero attached hydrogens (tertiary/aromatic N) is 1. The van der Waals surface area contributed by atoms with Crippen LogP contribution in [0.25, 0.3) is 0 Å². The predicted molar refractivity (Wildman–Crippen MR) is 87.8 cm³/mol. The van der Waals surface area contributed by atoms with Gasteiger partial charge in [-0.05, 0) is 43.2 Å². The molecule has 1 aromatic carbocycles. The standard InChI is InChI=1S/C19H19NO5/c1-10-3-4-12(9-11(10)2)20-16(21)14-13-5-6-19(25-13,15(14)17(20)22)18-23-7-8-24-18/h3-6,9,13-15,18H,7-8H2,1-2H3/t13-,14+,15-,19-/m1/s1. The Hall–Kier alpha value is -2.02. The summed E-state index contributed by atoms with van der Waals surface area (Å²) >= 11 is 0. The van der Waals surface area contributed by atoms with Gasteiger partial charge in [-0.3, -0.25) is 9.59 Å². The lowest BCUT2D eigenvalue weighted by atomic mass is 9.76. The molecule has 0 aliphatic carbocycles. The van der Waals surface area contributed by atoms with Gasteiger partial charge in [0.2, 0.25) is 11.8 Å². The van der Waals surface area contributed by atoms with Gasteiger partial charge in [-0.2, -0.15) is 0 Å². The number of imide groups is 1. The van der Waals surface area contributed by atoms with Gasteiger partial charge < -0.3 is 14.2 Å². The first-order valence-corrected chi connectivity index (χ1v) is 8.58. The molecular formula is C19H19NO5. The number of amides is 2. The van der Waals surface area contributed by atoms with Crippen molar-refractivity contribution in [2.24, 2.45) is 11.8 Å². The quantitative estimate of drug-likeness (QED) is 0.602. The van der Waals surface area contributed by atoms with Gasteiger partial charge in [-0.1, -0.05) is 12.1 Å². The molecule has 6 heteroatoms. The van der Waals surface area contributed by atoms with Gasteiger partial charge in [-0.15, -0.1) is 0 Å². The van der Waals surface area contributed by atoms with E-state index in [1.165, 1.54) is 4.90 Å². The average molecular weight is 341 g/mol. The van der Waals surface area contributed by atoms with E-state index in [-0.39, 0.29) is 11.8 Å². The molecule has 0 radical (unpaired) electrons. The summed E-state index contributed by atoms with van der Waals surface area (Å²) in [6.07, 6.45) is 2.68. The first kappa shape index (κ1) is 15.3. The fourth-order valence-electron chi connectivity index (χ4n) is 4.45. The van der Waals surface area contributed by atoms with E-state index in [4.69, 9.17) is 14.2 Å². The van der Waals surface area contributed by atoms with E-state index in [2.05, 4.69) is 0 Å². The summed E-state index contributed by atoms with van der Waals surface area (Å²) in [7, 11) is 0. The van der Waals surface area contributed by atoms with Gasteiger partial charge in [-0.25, -0.2) is 4.90 Å². The van der Waals surface area contributed by atoms with Crippen LogP contribution in [0.1, 0.15) is 11.1 Å². The molecule has 0 aromatic heterocycles. The number of benzene rings is 1. The minimum atomic E-state index is -0.993. The van der Waals surface area contributed by atoms with Crippen LogP contribution in [0.4, 0.5) is 5.69 Å². The van der Waals surface area contributed by atoms with Crippen LogP contribution in [0, 0.1) is 25.7 Å². The van der Waals surface area contributed by atoms with Gasteiger partial charge in [0.25, 0.3) is 0 Å². The highest BCUT2D eigenvalue weighted by molar-refractivity contribution is 6.23. The minimum absolute atomic E-state index is 0.201. The maximum atomic E-state index is 13.2. The van der Waals surface area contributed by atoms with E-state index in [1.54, 1.807) is 0 Å². The molecule has 0 unspecified atom stereocenters. The van der Waals surface area contributed by atoms with E-state index in [0.29, 0.717) is 18.9 Å². The number of carbonyl (C=O) groups excluding carboxylic acids is 2. The Bertz CT molecular complexity index is 812. The number of ether oxygens (including phenoxy) is 3. The van der Waals surface area contributed by atoms with Crippen LogP contribution in [0.3, 0.4) is 0 Å². The molecule has 5 rings (SSSR count). The van der Waals surface area contributed by atoms with Crippen LogP contribution in [-0.4, -0.2) is 43.0 Å². The molecule has 0 N–H and O–H groups in total. The summed E-state index contributed by atoms with van der Waals surface area (Å²) in [4.78, 5) is 27.6. The van der Waals surface area contributed by atoms with Gasteiger partial charge in [0.05, 0.1) is 36.8 Å². The van der Waals surface area contributed by atoms with E-state index in [1.807, 2.05) is 44.2 Å². The maximum absolute atomic E-state index is 13.2. The Morgan fingerprint density at radius 1 is 1.08 bits per heavy atom. The van der Waals surface area contributed by atoms with Crippen molar-refractivity contribution >= 4 is 17.5 Å². The highest BCUT2D eigenvalue weighted by Crippen LogP contribution is 2.55. The van der Waals surface area contributed by atoms with E-state index < -0.39 is 29.8 Å². The number of hydrogen-bond donors (Lipinski definition) is 0. The SMILES string of the molecule is Cc1ccc(N2C(=O)[C@H]3[C@H]4C=C[C@@](C5OCCO5)(O4)[C@H]3C2=O)cc1C. The number of anilines is 1. The van der Waals surface area contributed by atoms with Gasteiger partial charge >= 0.3 is 0 Å². The molecule has 6 nitrogen and oxygen atoms in total. The summed E-state index contributed by atoms with van der Waals surface area (Å²) in [5.41, 5.74) is 1.80. The summed E-state index contributed by atoms with van der Waals surface area (Å²) in [5.74, 6) is -1.54. The third-order valence-corrected chi connectivity index (χ3v) is 5.82. The first-order valence-electron chi connectivity index (χ1n) is 8.58. The summed E-state index contributed by atoms with van der Waals surface area (Å²) < 4.78 is 17.3. The van der Waals surface area contributed by atoms with Crippen molar-refractivity contribution in [3.8, 4) is 0 Å². The van der Waals surface area contributed by atoms with Crippen LogP contribution in [-0.2, 0) is 23.8 Å². The van der Waals surface area contributed by atoms with Crippen LogP contribution < -0.4 is 4.90 Å². The van der Waals surface area contributed by atoms with E-state index in [0.717, 1.165) is 11.1 Å². The largest absolute Gasteiger partial charge is 0.357 e. The Morgan fingerprint density at radius 2 is 1.84 bits per heavy atom. The zero-order valence-electron chi connectivity index (χ0n) is 14.1. The van der Waals surface area contributed by atoms with Crippen LogP contribution in [0.5, 0.6) is 0 Å². The smallest absolute Gasteiger partial charge is 0.241 e. The molecule has 130 valence electrons. The van der Waals surface area contributed by atoms with Gasteiger partial charge in [0, 0.05) is 0 Å². The van der Waals surface area contributed by atoms with Crippen molar-refractivity contribution < 1.29 is 23.8 Å². The topological polar surface area (TPSA) is 65.1 Å². The third-order valence-electron chi connectivity index (χ3n) is 5.82. The van der Waals surface area contributed by atoms with Crippen molar-refractivity contribution in [2.75, 3.05) is 18.1 Å². The zero-order chi connectivity index (χ0) is 17.3. The lowest BCUT2D eigenvalue weighted by molar-refractivity contribution is -0.180. The molecule has 2 bridgehead atoms. The highest BCUT2D eigenvalue weighted by Gasteiger charge is 2.71. The number of rotatable bonds is 2. The van der Waals surface area contributed by atoms with Crippen molar-refractivity contribution in [1.29, 1.82) is 0 Å². The molecule has 4 heterocycles. The second-order valence-corrected chi connectivity index (χ2v) is 7.15. The lowest BCUT2D eigenvalue weighted by Gasteiger charge is -2.32. The van der Waals surface area contributed by atoms with Gasteiger partial charge in [0.1, 0.15) is 0 Å². The molecule has 25 heavy (non-hydrogen) atoms. The van der Waals surface area contributed by atoms with Crippen molar-refractivity contribution in [1.82, 2.24) is 0 Å². The number of aryl methyl sites for hydroxylation is 2. The molecular weight excluding hydrogens is 322 g/mol. The third kappa shape index (κ3) is 1.84.